The number of anilines is 1. The number of rotatable bonds is 3. The van der Waals surface area contributed by atoms with E-state index in [0.717, 1.165) is 42.5 Å². The molecule has 4 rings (SSSR count). The minimum Gasteiger partial charge on any atom is -0.324 e. The zero-order valence-electron chi connectivity index (χ0n) is 13.7. The molecular formula is C17H19BrN6O. The van der Waals surface area contributed by atoms with Crippen LogP contribution in [0.15, 0.2) is 47.3 Å². The third-order valence-corrected chi connectivity index (χ3v) is 4.96. The molecule has 1 fully saturated rings. The molecule has 4 heterocycles. The van der Waals surface area contributed by atoms with Crippen molar-refractivity contribution in [3.8, 4) is 0 Å². The van der Waals surface area contributed by atoms with Gasteiger partial charge in [0.05, 0.1) is 16.2 Å². The summed E-state index contributed by atoms with van der Waals surface area (Å²) in [5.41, 5.74) is 0.960. The number of nitrogens with zero attached hydrogens (tertiary/aromatic N) is 5. The molecule has 0 radical (unpaired) electrons. The van der Waals surface area contributed by atoms with Crippen molar-refractivity contribution in [3.05, 3.63) is 47.3 Å². The number of hydrogen-bond donors (Lipinski definition) is 1. The molecule has 1 N–H and O–H groups in total. The fourth-order valence-electron chi connectivity index (χ4n) is 3.21. The molecule has 0 saturated carbocycles. The summed E-state index contributed by atoms with van der Waals surface area (Å²) in [4.78, 5) is 14.3. The van der Waals surface area contributed by atoms with Gasteiger partial charge in [-0.15, -0.1) is 5.10 Å². The largest absolute Gasteiger partial charge is 0.324 e. The molecule has 0 bridgehead atoms. The van der Waals surface area contributed by atoms with Crippen molar-refractivity contribution >= 4 is 33.3 Å². The fraction of sp³-hybridized carbons (Fsp3) is 0.353. The standard InChI is InChI=1S/C17H19BrN6O/c18-14-10-19-23(12-14)11-13-4-7-22(8-5-13)17(25)20-16-9-15-3-1-2-6-24(15)21-16/h1-3,6,9-10,12-13H,4-5,7-8,11H2,(H,20,21,25). The Labute approximate surface area is 153 Å². The van der Waals surface area contributed by atoms with Crippen molar-refractivity contribution in [2.45, 2.75) is 19.4 Å². The number of halogens is 1. The van der Waals surface area contributed by atoms with E-state index >= 15 is 0 Å². The van der Waals surface area contributed by atoms with Gasteiger partial charge in [-0.1, -0.05) is 6.07 Å². The highest BCUT2D eigenvalue weighted by Crippen LogP contribution is 2.20. The number of aromatic nitrogens is 4. The van der Waals surface area contributed by atoms with E-state index in [9.17, 15) is 4.79 Å². The van der Waals surface area contributed by atoms with Gasteiger partial charge in [0.25, 0.3) is 0 Å². The van der Waals surface area contributed by atoms with Crippen LogP contribution in [0.2, 0.25) is 0 Å². The lowest BCUT2D eigenvalue weighted by Crippen LogP contribution is -2.41. The Morgan fingerprint density at radius 1 is 1.32 bits per heavy atom. The number of nitrogens with one attached hydrogen (secondary N) is 1. The molecule has 130 valence electrons. The molecule has 7 nitrogen and oxygen atoms in total. The maximum atomic E-state index is 12.5. The second-order valence-corrected chi connectivity index (χ2v) is 7.26. The van der Waals surface area contributed by atoms with Gasteiger partial charge in [0, 0.05) is 38.1 Å². The third-order valence-electron chi connectivity index (χ3n) is 4.55. The second-order valence-electron chi connectivity index (χ2n) is 6.34. The van der Waals surface area contributed by atoms with Crippen molar-refractivity contribution < 1.29 is 4.79 Å². The Kier molecular flexibility index (Phi) is 4.44. The first-order valence-electron chi connectivity index (χ1n) is 8.36. The number of carbonyl (C=O) groups excluding carboxylic acids is 1. The highest BCUT2D eigenvalue weighted by atomic mass is 79.9. The van der Waals surface area contributed by atoms with Crippen LogP contribution < -0.4 is 5.32 Å². The van der Waals surface area contributed by atoms with Crippen LogP contribution in [-0.2, 0) is 6.54 Å². The highest BCUT2D eigenvalue weighted by Gasteiger charge is 2.23. The molecule has 8 heteroatoms. The molecule has 0 unspecified atom stereocenters. The van der Waals surface area contributed by atoms with Crippen molar-refractivity contribution in [3.63, 3.8) is 0 Å². The molecule has 0 atom stereocenters. The molecule has 3 aromatic rings. The van der Waals surface area contributed by atoms with Gasteiger partial charge in [0.15, 0.2) is 5.82 Å². The summed E-state index contributed by atoms with van der Waals surface area (Å²) in [5.74, 6) is 1.13. The quantitative estimate of drug-likeness (QED) is 0.730. The van der Waals surface area contributed by atoms with Gasteiger partial charge in [0.1, 0.15) is 0 Å². The lowest BCUT2D eigenvalue weighted by atomic mass is 9.97. The van der Waals surface area contributed by atoms with E-state index in [1.807, 2.05) is 46.2 Å². The average Bonchev–Trinajstić information content (AvgIpc) is 3.20. The van der Waals surface area contributed by atoms with E-state index in [1.54, 1.807) is 10.7 Å². The number of hydrogen-bond acceptors (Lipinski definition) is 3. The zero-order chi connectivity index (χ0) is 17.2. The first-order valence-corrected chi connectivity index (χ1v) is 9.15. The van der Waals surface area contributed by atoms with Gasteiger partial charge in [-0.3, -0.25) is 10.00 Å². The van der Waals surface area contributed by atoms with Gasteiger partial charge >= 0.3 is 6.03 Å². The number of likely N-dealkylation sites (tertiary alicyclic amines) is 1. The fourth-order valence-corrected chi connectivity index (χ4v) is 3.54. The molecule has 2 amide bonds. The topological polar surface area (TPSA) is 67.5 Å². The molecule has 1 aliphatic rings. The van der Waals surface area contributed by atoms with Crippen LogP contribution in [0.3, 0.4) is 0 Å². The Hall–Kier alpha value is -2.35. The summed E-state index contributed by atoms with van der Waals surface area (Å²) < 4.78 is 4.71. The van der Waals surface area contributed by atoms with Crippen LogP contribution in [0.1, 0.15) is 12.8 Å². The molecular weight excluding hydrogens is 384 g/mol. The summed E-state index contributed by atoms with van der Waals surface area (Å²) in [6.45, 7) is 2.41. The monoisotopic (exact) mass is 402 g/mol. The number of fused-ring (bicyclic) bond motifs is 1. The Morgan fingerprint density at radius 3 is 2.88 bits per heavy atom. The van der Waals surface area contributed by atoms with Crippen LogP contribution in [0, 0.1) is 5.92 Å². The smallest absolute Gasteiger partial charge is 0.323 e. The molecule has 25 heavy (non-hydrogen) atoms. The Balaban J connectivity index is 1.31. The van der Waals surface area contributed by atoms with Crippen LogP contribution in [0.4, 0.5) is 10.6 Å². The second kappa shape index (κ2) is 6.87. The molecule has 0 spiro atoms. The predicted octanol–water partition coefficient (Wildman–Crippen LogP) is 3.24. The van der Waals surface area contributed by atoms with Gasteiger partial charge < -0.3 is 4.90 Å². The molecule has 0 aliphatic carbocycles. The number of urea groups is 1. The van der Waals surface area contributed by atoms with Crippen molar-refractivity contribution in [2.75, 3.05) is 18.4 Å². The number of piperidine rings is 1. The van der Waals surface area contributed by atoms with E-state index < -0.39 is 0 Å². The molecule has 0 aromatic carbocycles. The summed E-state index contributed by atoms with van der Waals surface area (Å²) >= 11 is 3.42. The van der Waals surface area contributed by atoms with E-state index in [1.165, 1.54) is 0 Å². The maximum Gasteiger partial charge on any atom is 0.323 e. The number of amides is 2. The van der Waals surface area contributed by atoms with E-state index in [0.29, 0.717) is 11.7 Å². The molecule has 1 aliphatic heterocycles. The zero-order valence-corrected chi connectivity index (χ0v) is 15.3. The normalized spacial score (nSPS) is 15.6. The van der Waals surface area contributed by atoms with Crippen LogP contribution in [-0.4, -0.2) is 43.4 Å². The first kappa shape index (κ1) is 16.1. The Bertz CT molecular complexity index is 847. The third kappa shape index (κ3) is 3.68. The van der Waals surface area contributed by atoms with Crippen molar-refractivity contribution in [2.24, 2.45) is 5.92 Å². The van der Waals surface area contributed by atoms with Crippen molar-refractivity contribution in [1.82, 2.24) is 24.3 Å². The predicted molar refractivity (Wildman–Crippen MR) is 98.4 cm³/mol. The number of pyridine rings is 1. The van der Waals surface area contributed by atoms with Crippen molar-refractivity contribution in [1.29, 1.82) is 0 Å². The SMILES string of the molecule is O=C(Nc1cc2ccccn2n1)N1CCC(Cn2cc(Br)cn2)CC1. The van der Waals surface area contributed by atoms with Crippen LogP contribution in [0.25, 0.3) is 5.52 Å². The summed E-state index contributed by atoms with van der Waals surface area (Å²) in [6, 6.07) is 7.62. The lowest BCUT2D eigenvalue weighted by molar-refractivity contribution is 0.175. The number of carbonyl (C=O) groups is 1. The highest BCUT2D eigenvalue weighted by molar-refractivity contribution is 9.10. The van der Waals surface area contributed by atoms with Gasteiger partial charge in [0.2, 0.25) is 0 Å². The average molecular weight is 403 g/mol. The minimum absolute atomic E-state index is 0.0799. The van der Waals surface area contributed by atoms with Gasteiger partial charge in [-0.2, -0.15) is 5.10 Å². The van der Waals surface area contributed by atoms with E-state index in [-0.39, 0.29) is 6.03 Å². The van der Waals surface area contributed by atoms with Gasteiger partial charge in [-0.05, 0) is 46.8 Å². The Morgan fingerprint density at radius 2 is 2.16 bits per heavy atom. The minimum atomic E-state index is -0.0799. The van der Waals surface area contributed by atoms with Crippen LogP contribution >= 0.6 is 15.9 Å². The molecule has 1 saturated heterocycles. The lowest BCUT2D eigenvalue weighted by Gasteiger charge is -2.31. The summed E-state index contributed by atoms with van der Waals surface area (Å²) in [7, 11) is 0. The summed E-state index contributed by atoms with van der Waals surface area (Å²) in [5, 5.41) is 11.6. The van der Waals surface area contributed by atoms with E-state index in [2.05, 4.69) is 31.4 Å². The van der Waals surface area contributed by atoms with Gasteiger partial charge in [-0.25, -0.2) is 9.31 Å². The molecule has 3 aromatic heterocycles. The van der Waals surface area contributed by atoms with E-state index in [4.69, 9.17) is 0 Å². The van der Waals surface area contributed by atoms with Crippen LogP contribution in [0.5, 0.6) is 0 Å². The maximum absolute atomic E-state index is 12.5. The first-order chi connectivity index (χ1) is 12.2. The summed E-state index contributed by atoms with van der Waals surface area (Å²) in [6.07, 6.45) is 7.62.